The van der Waals surface area contributed by atoms with Crippen molar-refractivity contribution in [2.75, 3.05) is 25.1 Å². The molecule has 2 saturated heterocycles. The Kier molecular flexibility index (Phi) is 7.41. The van der Waals surface area contributed by atoms with E-state index in [9.17, 15) is 14.4 Å². The molecule has 1 aromatic carbocycles. The van der Waals surface area contributed by atoms with E-state index in [-0.39, 0.29) is 23.8 Å². The molecular weight excluding hydrogens is 470 g/mol. The van der Waals surface area contributed by atoms with Gasteiger partial charge in [0.2, 0.25) is 17.7 Å². The number of likely N-dealkylation sites (tertiary alicyclic amines) is 1. The summed E-state index contributed by atoms with van der Waals surface area (Å²) in [7, 11) is 0. The van der Waals surface area contributed by atoms with Crippen molar-refractivity contribution in [3.63, 3.8) is 0 Å². The first kappa shape index (κ1) is 25.9. The number of amides is 3. The molecule has 37 heavy (non-hydrogen) atoms. The number of hydrogen-bond donors (Lipinski definition) is 2. The lowest BCUT2D eigenvalue weighted by Crippen LogP contribution is -2.56. The molecule has 0 aromatic heterocycles. The van der Waals surface area contributed by atoms with Gasteiger partial charge >= 0.3 is 0 Å². The number of anilines is 1. The maximum atomic E-state index is 13.9. The fraction of sp³-hybridized carbons (Fsp3) is 0.621. The Bertz CT molecular complexity index is 1080. The van der Waals surface area contributed by atoms with Gasteiger partial charge in [-0.05, 0) is 63.3 Å². The third kappa shape index (κ3) is 4.70. The largest absolute Gasteiger partial charge is 0.382 e. The van der Waals surface area contributed by atoms with E-state index in [1.54, 1.807) is 4.90 Å². The van der Waals surface area contributed by atoms with Crippen LogP contribution in [0.25, 0.3) is 0 Å². The van der Waals surface area contributed by atoms with Gasteiger partial charge in [-0.1, -0.05) is 37.5 Å². The summed E-state index contributed by atoms with van der Waals surface area (Å²) < 4.78 is 11.9. The van der Waals surface area contributed by atoms with Crippen molar-refractivity contribution < 1.29 is 23.9 Å². The standard InChI is InChI=1S/C29H39N3O5/c1-4-36-16-8-15-32-25(27(34)30-20-9-6-5-7-10-20)29-14-13-22(37-29)23(24(29)28(32)35)26(33)31-21-12-11-18(2)19(3)17-21/h11-14,17,20,22-25H,4-10,15-16H2,1-3H3,(H,30,34)(H,31,33)/t22-,23?,24-,25?,29?/m1/s1. The molecule has 8 nitrogen and oxygen atoms in total. The molecule has 1 saturated carbocycles. The summed E-state index contributed by atoms with van der Waals surface area (Å²) in [6.45, 7) is 7.44. The predicted octanol–water partition coefficient (Wildman–Crippen LogP) is 3.27. The van der Waals surface area contributed by atoms with Crippen LogP contribution >= 0.6 is 0 Å². The van der Waals surface area contributed by atoms with Gasteiger partial charge in [-0.2, -0.15) is 0 Å². The van der Waals surface area contributed by atoms with Crippen molar-refractivity contribution >= 4 is 23.4 Å². The minimum Gasteiger partial charge on any atom is -0.382 e. The van der Waals surface area contributed by atoms with Gasteiger partial charge in [0.1, 0.15) is 11.6 Å². The van der Waals surface area contributed by atoms with E-state index in [0.29, 0.717) is 31.9 Å². The summed E-state index contributed by atoms with van der Waals surface area (Å²) in [6.07, 6.45) is 9.10. The molecule has 1 aliphatic carbocycles. The summed E-state index contributed by atoms with van der Waals surface area (Å²) >= 11 is 0. The predicted molar refractivity (Wildman–Crippen MR) is 140 cm³/mol. The number of carbonyl (C=O) groups is 3. The lowest BCUT2D eigenvalue weighted by Gasteiger charge is -2.34. The van der Waals surface area contributed by atoms with Gasteiger partial charge in [0.25, 0.3) is 0 Å². The molecule has 1 spiro atoms. The van der Waals surface area contributed by atoms with Crippen LogP contribution in [0, 0.1) is 25.7 Å². The number of aryl methyl sites for hydroxylation is 2. The molecule has 4 aliphatic rings. The first-order valence-electron chi connectivity index (χ1n) is 13.8. The SMILES string of the molecule is CCOCCCN1C(=O)[C@H]2C(C(=O)Nc3ccc(C)c(C)c3)[C@H]3C=CC2(O3)C1C(=O)NC1CCCCC1. The Morgan fingerprint density at radius 2 is 1.92 bits per heavy atom. The number of fused-ring (bicyclic) bond motifs is 1. The third-order valence-corrected chi connectivity index (χ3v) is 8.54. The number of benzene rings is 1. The Balaban J connectivity index is 1.40. The van der Waals surface area contributed by atoms with Gasteiger partial charge in [0.05, 0.1) is 17.9 Å². The first-order valence-corrected chi connectivity index (χ1v) is 13.8. The number of hydrogen-bond acceptors (Lipinski definition) is 5. The zero-order chi connectivity index (χ0) is 26.2. The van der Waals surface area contributed by atoms with Crippen molar-refractivity contribution in [2.45, 2.75) is 83.1 Å². The van der Waals surface area contributed by atoms with E-state index in [1.165, 1.54) is 6.42 Å². The maximum Gasteiger partial charge on any atom is 0.246 e. The molecule has 5 rings (SSSR count). The van der Waals surface area contributed by atoms with E-state index < -0.39 is 29.6 Å². The molecule has 3 heterocycles. The maximum absolute atomic E-state index is 13.9. The number of nitrogens with zero attached hydrogens (tertiary/aromatic N) is 1. The normalized spacial score (nSPS) is 30.6. The minimum atomic E-state index is -1.13. The Morgan fingerprint density at radius 3 is 2.65 bits per heavy atom. The molecule has 5 atom stereocenters. The lowest BCUT2D eigenvalue weighted by atomic mass is 9.74. The van der Waals surface area contributed by atoms with E-state index in [2.05, 4.69) is 10.6 Å². The van der Waals surface area contributed by atoms with Gasteiger partial charge < -0.3 is 25.0 Å². The van der Waals surface area contributed by atoms with Crippen LogP contribution in [0.1, 0.15) is 56.6 Å². The zero-order valence-electron chi connectivity index (χ0n) is 22.1. The Morgan fingerprint density at radius 1 is 1.14 bits per heavy atom. The van der Waals surface area contributed by atoms with Gasteiger partial charge in [0, 0.05) is 31.5 Å². The highest BCUT2D eigenvalue weighted by Crippen LogP contribution is 2.55. The summed E-state index contributed by atoms with van der Waals surface area (Å²) in [4.78, 5) is 42.9. The quantitative estimate of drug-likeness (QED) is 0.393. The highest BCUT2D eigenvalue weighted by molar-refractivity contribution is 6.02. The van der Waals surface area contributed by atoms with Gasteiger partial charge in [-0.15, -0.1) is 0 Å². The highest BCUT2D eigenvalue weighted by Gasteiger charge is 2.72. The molecule has 3 aliphatic heterocycles. The van der Waals surface area contributed by atoms with Crippen LogP contribution in [-0.2, 0) is 23.9 Å². The van der Waals surface area contributed by atoms with E-state index in [4.69, 9.17) is 9.47 Å². The second-order valence-electron chi connectivity index (χ2n) is 10.9. The van der Waals surface area contributed by atoms with Crippen molar-refractivity contribution in [1.82, 2.24) is 10.2 Å². The molecule has 1 aromatic rings. The third-order valence-electron chi connectivity index (χ3n) is 8.54. The van der Waals surface area contributed by atoms with E-state index in [0.717, 1.165) is 36.8 Å². The Hall–Kier alpha value is -2.71. The summed E-state index contributed by atoms with van der Waals surface area (Å²) in [5.41, 5.74) is 1.79. The number of ether oxygens (including phenoxy) is 2. The van der Waals surface area contributed by atoms with Crippen LogP contribution in [-0.4, -0.2) is 66.2 Å². The van der Waals surface area contributed by atoms with Crippen LogP contribution in [0.5, 0.6) is 0 Å². The Labute approximate surface area is 219 Å². The summed E-state index contributed by atoms with van der Waals surface area (Å²) in [5.74, 6) is -2.04. The second kappa shape index (κ2) is 10.6. The molecule has 3 fully saturated rings. The minimum absolute atomic E-state index is 0.114. The highest BCUT2D eigenvalue weighted by atomic mass is 16.5. The smallest absolute Gasteiger partial charge is 0.246 e. The van der Waals surface area contributed by atoms with Gasteiger partial charge in [-0.25, -0.2) is 0 Å². The van der Waals surface area contributed by atoms with Gasteiger partial charge in [0.15, 0.2) is 0 Å². The first-order chi connectivity index (χ1) is 17.9. The number of rotatable bonds is 9. The molecule has 3 amide bonds. The molecule has 2 bridgehead atoms. The molecular formula is C29H39N3O5. The van der Waals surface area contributed by atoms with Crippen molar-refractivity contribution in [3.05, 3.63) is 41.5 Å². The van der Waals surface area contributed by atoms with E-state index in [1.807, 2.05) is 51.1 Å². The van der Waals surface area contributed by atoms with Gasteiger partial charge in [-0.3, -0.25) is 14.4 Å². The molecule has 0 radical (unpaired) electrons. The number of carbonyl (C=O) groups excluding carboxylic acids is 3. The van der Waals surface area contributed by atoms with Crippen LogP contribution in [0.2, 0.25) is 0 Å². The zero-order valence-corrected chi connectivity index (χ0v) is 22.1. The average molecular weight is 510 g/mol. The molecule has 200 valence electrons. The summed E-state index contributed by atoms with van der Waals surface area (Å²) in [6, 6.07) is 5.09. The van der Waals surface area contributed by atoms with Crippen LogP contribution in [0.3, 0.4) is 0 Å². The molecule has 8 heteroatoms. The van der Waals surface area contributed by atoms with Crippen molar-refractivity contribution in [1.29, 1.82) is 0 Å². The summed E-state index contributed by atoms with van der Waals surface area (Å²) in [5, 5.41) is 6.23. The average Bonchev–Trinajstić information content (AvgIpc) is 3.52. The van der Waals surface area contributed by atoms with Crippen LogP contribution < -0.4 is 10.6 Å². The molecule has 3 unspecified atom stereocenters. The second-order valence-corrected chi connectivity index (χ2v) is 10.9. The monoisotopic (exact) mass is 509 g/mol. The van der Waals surface area contributed by atoms with Crippen LogP contribution in [0.4, 0.5) is 5.69 Å². The topological polar surface area (TPSA) is 97.0 Å². The molecule has 2 N–H and O–H groups in total. The van der Waals surface area contributed by atoms with E-state index >= 15 is 0 Å². The fourth-order valence-electron chi connectivity index (χ4n) is 6.56. The fourth-order valence-corrected chi connectivity index (χ4v) is 6.56. The van der Waals surface area contributed by atoms with Crippen molar-refractivity contribution in [2.24, 2.45) is 11.8 Å². The lowest BCUT2D eigenvalue weighted by molar-refractivity contribution is -0.141. The van der Waals surface area contributed by atoms with Crippen molar-refractivity contribution in [3.8, 4) is 0 Å². The number of nitrogens with one attached hydrogen (secondary N) is 2. The van der Waals surface area contributed by atoms with Crippen LogP contribution in [0.15, 0.2) is 30.4 Å².